The number of amides is 1. The van der Waals surface area contributed by atoms with Crippen LogP contribution in [0.2, 0.25) is 5.02 Å². The number of hydrogen-bond acceptors (Lipinski definition) is 4. The zero-order valence-corrected chi connectivity index (χ0v) is 15.9. The number of ether oxygens (including phenoxy) is 1. The first kappa shape index (κ1) is 20.7. The second-order valence-electron chi connectivity index (χ2n) is 5.34. The van der Waals surface area contributed by atoms with Gasteiger partial charge in [-0.05, 0) is 31.5 Å². The molecule has 0 saturated heterocycles. The van der Waals surface area contributed by atoms with Gasteiger partial charge < -0.3 is 10.1 Å². The minimum absolute atomic E-state index is 0.0434. The quantitative estimate of drug-likeness (QED) is 0.637. The molecule has 0 bridgehead atoms. The summed E-state index contributed by atoms with van der Waals surface area (Å²) in [7, 11) is -2.52. The maximum Gasteiger partial charge on any atom is 0.247 e. The number of rotatable bonds is 10. The van der Waals surface area contributed by atoms with Gasteiger partial charge >= 0.3 is 0 Å². The van der Waals surface area contributed by atoms with Crippen LogP contribution in [0.25, 0.3) is 0 Å². The van der Waals surface area contributed by atoms with Crippen LogP contribution in [0.5, 0.6) is 5.75 Å². The number of hydrogen-bond donors (Lipinski definition) is 1. The Morgan fingerprint density at radius 2 is 2.00 bits per heavy atom. The van der Waals surface area contributed by atoms with Gasteiger partial charge in [0.05, 0.1) is 13.2 Å². The van der Waals surface area contributed by atoms with E-state index in [4.69, 9.17) is 16.3 Å². The highest BCUT2D eigenvalue weighted by Gasteiger charge is 2.26. The van der Waals surface area contributed by atoms with E-state index in [2.05, 4.69) is 12.2 Å². The van der Waals surface area contributed by atoms with Gasteiger partial charge in [0.1, 0.15) is 10.6 Å². The molecule has 1 rings (SSSR count). The van der Waals surface area contributed by atoms with Crippen LogP contribution >= 0.6 is 11.6 Å². The van der Waals surface area contributed by atoms with Gasteiger partial charge in [0.25, 0.3) is 0 Å². The van der Waals surface area contributed by atoms with Crippen molar-refractivity contribution < 1.29 is 17.9 Å². The molecule has 1 amide bonds. The van der Waals surface area contributed by atoms with Crippen molar-refractivity contribution in [2.75, 3.05) is 26.7 Å². The van der Waals surface area contributed by atoms with E-state index >= 15 is 0 Å². The predicted molar refractivity (Wildman–Crippen MR) is 95.0 cm³/mol. The average molecular weight is 377 g/mol. The number of halogens is 1. The lowest BCUT2D eigenvalue weighted by molar-refractivity contribution is -0.121. The largest absolute Gasteiger partial charge is 0.492 e. The summed E-state index contributed by atoms with van der Waals surface area (Å²) < 4.78 is 31.8. The van der Waals surface area contributed by atoms with E-state index in [1.165, 1.54) is 19.2 Å². The SMILES string of the molecule is CCCCCNC(=O)CN(C)S(=O)(=O)c1cc(Cl)ccc1OCC. The third-order valence-electron chi connectivity index (χ3n) is 3.36. The normalized spacial score (nSPS) is 11.5. The summed E-state index contributed by atoms with van der Waals surface area (Å²) in [5.74, 6) is -0.116. The van der Waals surface area contributed by atoms with Crippen molar-refractivity contribution in [3.63, 3.8) is 0 Å². The first-order chi connectivity index (χ1) is 11.3. The molecule has 136 valence electrons. The second kappa shape index (κ2) is 9.86. The summed E-state index contributed by atoms with van der Waals surface area (Å²) in [6, 6.07) is 4.40. The summed E-state index contributed by atoms with van der Waals surface area (Å²) in [6.45, 7) is 4.45. The third-order valence-corrected chi connectivity index (χ3v) is 5.42. The summed E-state index contributed by atoms with van der Waals surface area (Å²) in [6.07, 6.45) is 2.95. The Kier molecular flexibility index (Phi) is 8.52. The molecule has 1 N–H and O–H groups in total. The van der Waals surface area contributed by atoms with Gasteiger partial charge in [-0.3, -0.25) is 4.79 Å². The van der Waals surface area contributed by atoms with Gasteiger partial charge in [-0.15, -0.1) is 0 Å². The minimum Gasteiger partial charge on any atom is -0.492 e. The second-order valence-corrected chi connectivity index (χ2v) is 7.79. The van der Waals surface area contributed by atoms with Gasteiger partial charge in [-0.25, -0.2) is 8.42 Å². The van der Waals surface area contributed by atoms with Crippen molar-refractivity contribution in [2.24, 2.45) is 0 Å². The van der Waals surface area contributed by atoms with Gasteiger partial charge in [-0.1, -0.05) is 31.4 Å². The van der Waals surface area contributed by atoms with E-state index in [1.54, 1.807) is 13.0 Å². The molecular formula is C16H25ClN2O4S. The van der Waals surface area contributed by atoms with Gasteiger partial charge in [-0.2, -0.15) is 4.31 Å². The van der Waals surface area contributed by atoms with Crippen LogP contribution < -0.4 is 10.1 Å². The van der Waals surface area contributed by atoms with Crippen LogP contribution in [0.15, 0.2) is 23.1 Å². The van der Waals surface area contributed by atoms with Crippen molar-refractivity contribution in [2.45, 2.75) is 38.0 Å². The maximum absolute atomic E-state index is 12.7. The molecule has 0 saturated carbocycles. The standard InChI is InChI=1S/C16H25ClN2O4S/c1-4-6-7-10-18-16(20)12-19(3)24(21,22)15-11-13(17)8-9-14(15)23-5-2/h8-9,11H,4-7,10,12H2,1-3H3,(H,18,20). The Morgan fingerprint density at radius 1 is 1.29 bits per heavy atom. The van der Waals surface area contributed by atoms with Crippen LogP contribution in [-0.2, 0) is 14.8 Å². The molecule has 24 heavy (non-hydrogen) atoms. The van der Waals surface area contributed by atoms with Crippen molar-refractivity contribution in [1.82, 2.24) is 9.62 Å². The molecule has 0 aliphatic carbocycles. The molecule has 0 heterocycles. The molecular weight excluding hydrogens is 352 g/mol. The lowest BCUT2D eigenvalue weighted by atomic mass is 10.2. The molecule has 0 spiro atoms. The Bertz CT molecular complexity index is 649. The number of nitrogens with zero attached hydrogens (tertiary/aromatic N) is 1. The lowest BCUT2D eigenvalue weighted by Gasteiger charge is -2.19. The predicted octanol–water partition coefficient (Wildman–Crippen LogP) is 2.67. The van der Waals surface area contributed by atoms with Crippen molar-refractivity contribution >= 4 is 27.5 Å². The zero-order chi connectivity index (χ0) is 18.2. The van der Waals surface area contributed by atoms with Crippen molar-refractivity contribution in [1.29, 1.82) is 0 Å². The van der Waals surface area contributed by atoms with Gasteiger partial charge in [0.15, 0.2) is 0 Å². The van der Waals surface area contributed by atoms with E-state index in [9.17, 15) is 13.2 Å². The molecule has 8 heteroatoms. The average Bonchev–Trinajstić information content (AvgIpc) is 2.53. The van der Waals surface area contributed by atoms with E-state index in [-0.39, 0.29) is 28.1 Å². The monoisotopic (exact) mass is 376 g/mol. The van der Waals surface area contributed by atoms with Gasteiger partial charge in [0, 0.05) is 18.6 Å². The Labute approximate surface area is 149 Å². The summed E-state index contributed by atoms with van der Waals surface area (Å²) in [5.41, 5.74) is 0. The Hall–Kier alpha value is -1.31. The highest BCUT2D eigenvalue weighted by atomic mass is 35.5. The van der Waals surface area contributed by atoms with Crippen molar-refractivity contribution in [3.05, 3.63) is 23.2 Å². The molecule has 0 aliphatic rings. The highest BCUT2D eigenvalue weighted by molar-refractivity contribution is 7.89. The minimum atomic E-state index is -3.88. The number of sulfonamides is 1. The van der Waals surface area contributed by atoms with E-state index in [1.807, 2.05) is 0 Å². The molecule has 0 fully saturated rings. The van der Waals surface area contributed by atoms with Crippen LogP contribution in [-0.4, -0.2) is 45.4 Å². The molecule has 0 radical (unpaired) electrons. The third kappa shape index (κ3) is 5.96. The molecule has 0 aromatic heterocycles. The number of likely N-dealkylation sites (N-methyl/N-ethyl adjacent to an activating group) is 1. The molecule has 1 aromatic rings. The lowest BCUT2D eigenvalue weighted by Crippen LogP contribution is -2.38. The Morgan fingerprint density at radius 3 is 2.62 bits per heavy atom. The van der Waals surface area contributed by atoms with Crippen LogP contribution in [0, 0.1) is 0 Å². The molecule has 0 atom stereocenters. The molecule has 6 nitrogen and oxygen atoms in total. The van der Waals surface area contributed by atoms with E-state index in [0.29, 0.717) is 13.2 Å². The van der Waals surface area contributed by atoms with E-state index in [0.717, 1.165) is 23.6 Å². The fraction of sp³-hybridized carbons (Fsp3) is 0.562. The topological polar surface area (TPSA) is 75.7 Å². The Balaban J connectivity index is 2.84. The zero-order valence-electron chi connectivity index (χ0n) is 14.3. The number of carbonyl (C=O) groups excluding carboxylic acids is 1. The molecule has 1 aromatic carbocycles. The first-order valence-electron chi connectivity index (χ1n) is 7.98. The fourth-order valence-corrected chi connectivity index (χ4v) is 3.59. The fourth-order valence-electron chi connectivity index (χ4n) is 2.07. The number of carbonyl (C=O) groups is 1. The highest BCUT2D eigenvalue weighted by Crippen LogP contribution is 2.29. The summed E-state index contributed by atoms with van der Waals surface area (Å²) in [4.78, 5) is 11.9. The van der Waals surface area contributed by atoms with E-state index < -0.39 is 10.0 Å². The van der Waals surface area contributed by atoms with Crippen LogP contribution in [0.3, 0.4) is 0 Å². The van der Waals surface area contributed by atoms with Crippen LogP contribution in [0.1, 0.15) is 33.1 Å². The summed E-state index contributed by atoms with van der Waals surface area (Å²) >= 11 is 5.91. The maximum atomic E-state index is 12.7. The smallest absolute Gasteiger partial charge is 0.247 e. The summed E-state index contributed by atoms with van der Waals surface area (Å²) in [5, 5.41) is 3.01. The van der Waals surface area contributed by atoms with Crippen molar-refractivity contribution in [3.8, 4) is 5.75 Å². The molecule has 0 unspecified atom stereocenters. The number of nitrogens with one attached hydrogen (secondary N) is 1. The number of unbranched alkanes of at least 4 members (excludes halogenated alkanes) is 2. The molecule has 0 aliphatic heterocycles. The van der Waals surface area contributed by atoms with Crippen LogP contribution in [0.4, 0.5) is 0 Å². The van der Waals surface area contributed by atoms with Gasteiger partial charge in [0.2, 0.25) is 15.9 Å². The first-order valence-corrected chi connectivity index (χ1v) is 9.80. The number of benzene rings is 1.